The lowest BCUT2D eigenvalue weighted by Gasteiger charge is -2.27. The van der Waals surface area contributed by atoms with Crippen molar-refractivity contribution in [3.05, 3.63) is 71.8 Å². The van der Waals surface area contributed by atoms with Crippen molar-refractivity contribution in [1.29, 1.82) is 0 Å². The lowest BCUT2D eigenvalue weighted by atomic mass is 9.89. The lowest BCUT2D eigenvalue weighted by molar-refractivity contribution is -0.132. The zero-order chi connectivity index (χ0) is 25.5. The predicted molar refractivity (Wildman–Crippen MR) is 131 cm³/mol. The van der Waals surface area contributed by atoms with Crippen molar-refractivity contribution in [1.82, 2.24) is 10.6 Å². The van der Waals surface area contributed by atoms with Gasteiger partial charge in [-0.15, -0.1) is 0 Å². The molecule has 10 nitrogen and oxygen atoms in total. The molecule has 0 radical (unpaired) electrons. The summed E-state index contributed by atoms with van der Waals surface area (Å²) in [5.74, 6) is -1.16. The molecule has 10 heteroatoms. The Kier molecular flexibility index (Phi) is 10.9. The van der Waals surface area contributed by atoms with Gasteiger partial charge in [0.15, 0.2) is 23.6 Å². The van der Waals surface area contributed by atoms with Gasteiger partial charge in [-0.3, -0.25) is 14.6 Å². The summed E-state index contributed by atoms with van der Waals surface area (Å²) in [6, 6.07) is 18.4. The number of aliphatic imine (C=N–C) groups is 1. The number of Topliss-reactive ketones (excluding diaryl/α,β-unsaturated/α-hetero) is 1. The molecule has 0 aliphatic rings. The van der Waals surface area contributed by atoms with Gasteiger partial charge in [0.05, 0.1) is 6.54 Å². The number of nitrogens with zero attached hydrogens (tertiary/aromatic N) is 1. The van der Waals surface area contributed by atoms with Crippen molar-refractivity contribution in [2.75, 3.05) is 13.1 Å². The molecule has 0 aliphatic heterocycles. The SMILES string of the molecule is NC(N)=NCCC[C@@](C=O)(NC(=O)OCc1ccccc1)C(=O)CNC(=O)CCc1ccccc1. The number of benzene rings is 2. The Morgan fingerprint density at radius 1 is 0.971 bits per heavy atom. The Balaban J connectivity index is 1.99. The Bertz CT molecular complexity index is 1010. The number of ether oxygens (including phenoxy) is 1. The number of alkyl carbamates (subject to hydrolysis) is 1. The van der Waals surface area contributed by atoms with Crippen molar-refractivity contribution in [2.45, 2.75) is 37.8 Å². The van der Waals surface area contributed by atoms with Gasteiger partial charge < -0.3 is 31.6 Å². The maximum Gasteiger partial charge on any atom is 0.408 e. The third kappa shape index (κ3) is 9.66. The largest absolute Gasteiger partial charge is 0.445 e. The smallest absolute Gasteiger partial charge is 0.408 e. The third-order valence-corrected chi connectivity index (χ3v) is 5.19. The van der Waals surface area contributed by atoms with Crippen LogP contribution >= 0.6 is 0 Å². The molecule has 6 N–H and O–H groups in total. The summed E-state index contributed by atoms with van der Waals surface area (Å²) in [5.41, 5.74) is 10.5. The first-order chi connectivity index (χ1) is 16.8. The number of hydrogen-bond acceptors (Lipinski definition) is 6. The molecule has 0 spiro atoms. The van der Waals surface area contributed by atoms with Crippen LogP contribution in [0.25, 0.3) is 0 Å². The monoisotopic (exact) mass is 481 g/mol. The number of rotatable bonds is 14. The highest BCUT2D eigenvalue weighted by atomic mass is 16.5. The van der Waals surface area contributed by atoms with Crippen LogP contribution in [-0.4, -0.2) is 48.7 Å². The Hall–Kier alpha value is -4.21. The number of nitrogens with two attached hydrogens (primary N) is 2. The van der Waals surface area contributed by atoms with E-state index in [0.717, 1.165) is 11.1 Å². The van der Waals surface area contributed by atoms with E-state index in [4.69, 9.17) is 16.2 Å². The normalized spacial score (nSPS) is 12.0. The van der Waals surface area contributed by atoms with Gasteiger partial charge in [0, 0.05) is 13.0 Å². The Labute approximate surface area is 204 Å². The number of ketones is 1. The van der Waals surface area contributed by atoms with Crippen LogP contribution in [0.5, 0.6) is 0 Å². The molecule has 0 heterocycles. The van der Waals surface area contributed by atoms with Crippen molar-refractivity contribution < 1.29 is 23.9 Å². The number of nitrogens with one attached hydrogen (secondary N) is 2. The van der Waals surface area contributed by atoms with Crippen LogP contribution in [0.15, 0.2) is 65.7 Å². The summed E-state index contributed by atoms with van der Waals surface area (Å²) < 4.78 is 5.18. The fourth-order valence-corrected chi connectivity index (χ4v) is 3.26. The number of carbonyl (C=O) groups excluding carboxylic acids is 4. The molecule has 2 aromatic carbocycles. The second-order valence-corrected chi connectivity index (χ2v) is 7.87. The van der Waals surface area contributed by atoms with Gasteiger partial charge in [0.25, 0.3) is 0 Å². The highest BCUT2D eigenvalue weighted by Gasteiger charge is 2.39. The standard InChI is InChI=1S/C25H31N5O5/c26-23(27)28-15-7-14-25(18-31,30-24(34)35-17-20-10-5-2-6-11-20)21(32)16-29-22(33)13-12-19-8-3-1-4-9-19/h1-6,8-11,18H,7,12-17H2,(H,29,33)(H,30,34)(H4,26,27,28)/t25-/m0/s1. The fourth-order valence-electron chi connectivity index (χ4n) is 3.26. The van der Waals surface area contributed by atoms with Gasteiger partial charge in [-0.25, -0.2) is 4.79 Å². The highest BCUT2D eigenvalue weighted by Crippen LogP contribution is 2.14. The summed E-state index contributed by atoms with van der Waals surface area (Å²) in [6.07, 6.45) is 0.233. The number of carbonyl (C=O) groups is 4. The zero-order valence-electron chi connectivity index (χ0n) is 19.4. The molecule has 2 aromatic rings. The first kappa shape index (κ1) is 27.0. The van der Waals surface area contributed by atoms with Crippen LogP contribution in [0.3, 0.4) is 0 Å². The third-order valence-electron chi connectivity index (χ3n) is 5.19. The van der Waals surface area contributed by atoms with E-state index in [1.165, 1.54) is 0 Å². The van der Waals surface area contributed by atoms with E-state index in [1.807, 2.05) is 36.4 Å². The summed E-state index contributed by atoms with van der Waals surface area (Å²) >= 11 is 0. The maximum atomic E-state index is 13.0. The first-order valence-electron chi connectivity index (χ1n) is 11.2. The molecule has 0 saturated heterocycles. The molecule has 1 atom stereocenters. The van der Waals surface area contributed by atoms with Crippen LogP contribution < -0.4 is 22.1 Å². The first-order valence-corrected chi connectivity index (χ1v) is 11.2. The fraction of sp³-hybridized carbons (Fsp3) is 0.320. The molecular formula is C25H31N5O5. The van der Waals surface area contributed by atoms with Crippen LogP contribution in [0, 0.1) is 0 Å². The van der Waals surface area contributed by atoms with Crippen molar-refractivity contribution in [2.24, 2.45) is 16.5 Å². The Morgan fingerprint density at radius 3 is 2.20 bits per heavy atom. The number of aryl methyl sites for hydroxylation is 1. The van der Waals surface area contributed by atoms with E-state index in [2.05, 4.69) is 15.6 Å². The van der Waals surface area contributed by atoms with E-state index in [1.54, 1.807) is 24.3 Å². The summed E-state index contributed by atoms with van der Waals surface area (Å²) in [5, 5.41) is 4.90. The van der Waals surface area contributed by atoms with Crippen LogP contribution in [0.4, 0.5) is 4.79 Å². The minimum absolute atomic E-state index is 0.0416. The molecule has 0 bridgehead atoms. The number of hydrogen-bond donors (Lipinski definition) is 4. The molecule has 35 heavy (non-hydrogen) atoms. The quantitative estimate of drug-likeness (QED) is 0.103. The Morgan fingerprint density at radius 2 is 1.60 bits per heavy atom. The number of guanidine groups is 1. The number of amides is 2. The van der Waals surface area contributed by atoms with Gasteiger partial charge in [-0.1, -0.05) is 60.7 Å². The van der Waals surface area contributed by atoms with Crippen LogP contribution in [0.1, 0.15) is 30.4 Å². The molecule has 186 valence electrons. The van der Waals surface area contributed by atoms with E-state index < -0.39 is 24.0 Å². The summed E-state index contributed by atoms with van der Waals surface area (Å²) in [4.78, 5) is 53.6. The zero-order valence-corrected chi connectivity index (χ0v) is 19.4. The molecule has 0 aromatic heterocycles. The van der Waals surface area contributed by atoms with Gasteiger partial charge in [-0.2, -0.15) is 0 Å². The molecule has 0 unspecified atom stereocenters. The van der Waals surface area contributed by atoms with E-state index in [0.29, 0.717) is 12.7 Å². The second kappa shape index (κ2) is 14.1. The second-order valence-electron chi connectivity index (χ2n) is 7.87. The predicted octanol–water partition coefficient (Wildman–Crippen LogP) is 1.22. The molecule has 2 rings (SSSR count). The number of aldehydes is 1. The minimum Gasteiger partial charge on any atom is -0.445 e. The topological polar surface area (TPSA) is 166 Å². The van der Waals surface area contributed by atoms with E-state index >= 15 is 0 Å². The van der Waals surface area contributed by atoms with Crippen molar-refractivity contribution in [3.63, 3.8) is 0 Å². The lowest BCUT2D eigenvalue weighted by Crippen LogP contribution is -2.58. The van der Waals surface area contributed by atoms with Gasteiger partial charge in [-0.05, 0) is 30.4 Å². The van der Waals surface area contributed by atoms with Crippen LogP contribution in [-0.2, 0) is 32.1 Å². The summed E-state index contributed by atoms with van der Waals surface area (Å²) in [6.45, 7) is -0.330. The summed E-state index contributed by atoms with van der Waals surface area (Å²) in [7, 11) is 0. The van der Waals surface area contributed by atoms with Gasteiger partial charge >= 0.3 is 6.09 Å². The van der Waals surface area contributed by atoms with Crippen LogP contribution in [0.2, 0.25) is 0 Å². The minimum atomic E-state index is -1.90. The maximum absolute atomic E-state index is 13.0. The molecule has 0 fully saturated rings. The van der Waals surface area contributed by atoms with Crippen molar-refractivity contribution >= 4 is 30.0 Å². The molecular weight excluding hydrogens is 450 g/mol. The van der Waals surface area contributed by atoms with Crippen molar-refractivity contribution in [3.8, 4) is 0 Å². The average molecular weight is 482 g/mol. The van der Waals surface area contributed by atoms with Gasteiger partial charge in [0.2, 0.25) is 5.91 Å². The molecule has 2 amide bonds. The van der Waals surface area contributed by atoms with E-state index in [9.17, 15) is 19.2 Å². The highest BCUT2D eigenvalue weighted by molar-refractivity contribution is 6.07. The van der Waals surface area contributed by atoms with Gasteiger partial charge in [0.1, 0.15) is 6.61 Å². The average Bonchev–Trinajstić information content (AvgIpc) is 2.87. The molecule has 0 aliphatic carbocycles. The van der Waals surface area contributed by atoms with E-state index in [-0.39, 0.29) is 44.3 Å². The molecule has 0 saturated carbocycles.